The first-order chi connectivity index (χ1) is 7.91. The molecule has 3 amide bonds. The third-order valence-electron chi connectivity index (χ3n) is 1.89. The maximum Gasteiger partial charge on any atom is 0.335 e. The highest BCUT2D eigenvalue weighted by Crippen LogP contribution is 2.20. The van der Waals surface area contributed by atoms with E-state index in [0.717, 1.165) is 0 Å². The summed E-state index contributed by atoms with van der Waals surface area (Å²) in [5.41, 5.74) is 4.29. The molecule has 0 atom stereocenters. The lowest BCUT2D eigenvalue weighted by molar-refractivity contribution is 0.0930. The number of carbonyl (C=O) groups is 2. The Kier molecular flexibility index (Phi) is 4.17. The van der Waals surface area contributed by atoms with Gasteiger partial charge in [0.05, 0.1) is 5.56 Å². The largest absolute Gasteiger partial charge is 0.507 e. The van der Waals surface area contributed by atoms with Crippen molar-refractivity contribution in [1.29, 1.82) is 0 Å². The second-order valence-electron chi connectivity index (χ2n) is 3.44. The molecule has 0 aliphatic rings. The van der Waals surface area contributed by atoms with Crippen LogP contribution in [-0.2, 0) is 0 Å². The number of rotatable bonds is 1. The molecule has 0 spiro atoms. The average molecular weight is 258 g/mol. The Hall–Kier alpha value is -1.95. The zero-order chi connectivity index (χ0) is 13.0. The molecule has 0 saturated carbocycles. The summed E-state index contributed by atoms with van der Waals surface area (Å²) in [4.78, 5) is 24.0. The summed E-state index contributed by atoms with van der Waals surface area (Å²) in [6.45, 7) is 0. The van der Waals surface area contributed by atoms with Crippen LogP contribution in [0.15, 0.2) is 18.2 Å². The normalized spacial score (nSPS) is 9.59. The predicted octanol–water partition coefficient (Wildman–Crippen LogP) is 0.962. The lowest BCUT2D eigenvalue weighted by Crippen LogP contribution is -2.46. The monoisotopic (exact) mass is 257 g/mol. The molecule has 0 bridgehead atoms. The van der Waals surface area contributed by atoms with Gasteiger partial charge in [-0.15, -0.1) is 0 Å². The number of hydrazine groups is 1. The molecule has 6 nitrogen and oxygen atoms in total. The van der Waals surface area contributed by atoms with E-state index in [9.17, 15) is 14.7 Å². The highest BCUT2D eigenvalue weighted by molar-refractivity contribution is 6.31. The van der Waals surface area contributed by atoms with Crippen molar-refractivity contribution in [2.75, 3.05) is 14.1 Å². The Morgan fingerprint density at radius 2 is 1.94 bits per heavy atom. The van der Waals surface area contributed by atoms with Crippen molar-refractivity contribution in [2.24, 2.45) is 0 Å². The van der Waals surface area contributed by atoms with Gasteiger partial charge >= 0.3 is 6.03 Å². The van der Waals surface area contributed by atoms with Crippen LogP contribution < -0.4 is 10.9 Å². The van der Waals surface area contributed by atoms with Gasteiger partial charge in [0.15, 0.2) is 0 Å². The van der Waals surface area contributed by atoms with Gasteiger partial charge in [0, 0.05) is 19.1 Å². The lowest BCUT2D eigenvalue weighted by Gasteiger charge is -2.13. The molecule has 1 aromatic rings. The van der Waals surface area contributed by atoms with Gasteiger partial charge in [-0.1, -0.05) is 11.6 Å². The molecule has 92 valence electrons. The molecule has 1 rings (SSSR count). The standard InChI is InChI=1S/C10H12ClN3O3/c1-14(2)10(17)13-12-9(16)7-5-6(11)3-4-8(7)15/h3-5,15H,1-2H3,(H,12,16)(H,13,17). The van der Waals surface area contributed by atoms with E-state index in [0.29, 0.717) is 5.02 Å². The molecule has 0 aliphatic heterocycles. The van der Waals surface area contributed by atoms with E-state index in [1.165, 1.54) is 37.2 Å². The maximum atomic E-state index is 11.6. The summed E-state index contributed by atoms with van der Waals surface area (Å²) in [5, 5.41) is 9.75. The summed E-state index contributed by atoms with van der Waals surface area (Å²) in [7, 11) is 3.05. The second-order valence-corrected chi connectivity index (χ2v) is 3.88. The van der Waals surface area contributed by atoms with Crippen LogP contribution in [-0.4, -0.2) is 36.0 Å². The van der Waals surface area contributed by atoms with Crippen LogP contribution in [0.3, 0.4) is 0 Å². The summed E-state index contributed by atoms with van der Waals surface area (Å²) in [6.07, 6.45) is 0. The lowest BCUT2D eigenvalue weighted by atomic mass is 10.2. The molecule has 17 heavy (non-hydrogen) atoms. The predicted molar refractivity (Wildman–Crippen MR) is 62.8 cm³/mol. The number of benzene rings is 1. The summed E-state index contributed by atoms with van der Waals surface area (Å²) >= 11 is 5.69. The fourth-order valence-electron chi connectivity index (χ4n) is 0.980. The van der Waals surface area contributed by atoms with Crippen LogP contribution in [0.5, 0.6) is 5.75 Å². The van der Waals surface area contributed by atoms with Crippen molar-refractivity contribution in [2.45, 2.75) is 0 Å². The Labute approximate surface area is 103 Å². The second kappa shape index (κ2) is 5.40. The molecule has 0 aromatic heterocycles. The van der Waals surface area contributed by atoms with Gasteiger partial charge in [-0.25, -0.2) is 10.2 Å². The first-order valence-electron chi connectivity index (χ1n) is 4.68. The summed E-state index contributed by atoms with van der Waals surface area (Å²) in [6, 6.07) is 3.56. The number of nitrogens with one attached hydrogen (secondary N) is 2. The van der Waals surface area contributed by atoms with Crippen molar-refractivity contribution in [1.82, 2.24) is 15.8 Å². The fraction of sp³-hybridized carbons (Fsp3) is 0.200. The number of hydrogen-bond acceptors (Lipinski definition) is 3. The van der Waals surface area contributed by atoms with Crippen LogP contribution in [0.25, 0.3) is 0 Å². The molecule has 0 radical (unpaired) electrons. The average Bonchev–Trinajstić information content (AvgIpc) is 2.28. The number of carbonyl (C=O) groups excluding carboxylic acids is 2. The van der Waals surface area contributed by atoms with Crippen LogP contribution in [0.4, 0.5) is 4.79 Å². The quantitative estimate of drug-likeness (QED) is 0.656. The van der Waals surface area contributed by atoms with E-state index in [1.54, 1.807) is 0 Å². The van der Waals surface area contributed by atoms with Gasteiger partial charge in [0.25, 0.3) is 5.91 Å². The summed E-state index contributed by atoms with van der Waals surface area (Å²) < 4.78 is 0. The van der Waals surface area contributed by atoms with E-state index >= 15 is 0 Å². The van der Waals surface area contributed by atoms with Crippen LogP contribution in [0.1, 0.15) is 10.4 Å². The topological polar surface area (TPSA) is 81.7 Å². The van der Waals surface area contributed by atoms with Gasteiger partial charge in [-0.05, 0) is 18.2 Å². The number of urea groups is 1. The Balaban J connectivity index is 2.70. The molecule has 0 aliphatic carbocycles. The minimum absolute atomic E-state index is 0.0171. The van der Waals surface area contributed by atoms with Crippen molar-refractivity contribution in [3.63, 3.8) is 0 Å². The molecule has 0 heterocycles. The highest BCUT2D eigenvalue weighted by Gasteiger charge is 2.12. The van der Waals surface area contributed by atoms with Crippen molar-refractivity contribution in [3.05, 3.63) is 28.8 Å². The zero-order valence-corrected chi connectivity index (χ0v) is 10.1. The molecular weight excluding hydrogens is 246 g/mol. The van der Waals surface area contributed by atoms with E-state index in [-0.39, 0.29) is 11.3 Å². The number of amides is 3. The number of nitrogens with zero attached hydrogens (tertiary/aromatic N) is 1. The molecule has 0 fully saturated rings. The first-order valence-corrected chi connectivity index (χ1v) is 5.05. The maximum absolute atomic E-state index is 11.6. The van der Waals surface area contributed by atoms with E-state index in [1.807, 2.05) is 0 Å². The highest BCUT2D eigenvalue weighted by atomic mass is 35.5. The molecular formula is C10H12ClN3O3. The number of aromatic hydroxyl groups is 1. The number of phenolic OH excluding ortho intramolecular Hbond substituents is 1. The number of phenols is 1. The van der Waals surface area contributed by atoms with Crippen molar-refractivity contribution in [3.8, 4) is 5.75 Å². The minimum Gasteiger partial charge on any atom is -0.507 e. The van der Waals surface area contributed by atoms with Crippen molar-refractivity contribution < 1.29 is 14.7 Å². The SMILES string of the molecule is CN(C)C(=O)NNC(=O)c1cc(Cl)ccc1O. The van der Waals surface area contributed by atoms with Crippen LogP contribution in [0, 0.1) is 0 Å². The minimum atomic E-state index is -0.653. The van der Waals surface area contributed by atoms with Gasteiger partial charge in [-0.2, -0.15) is 0 Å². The summed E-state index contributed by atoms with van der Waals surface area (Å²) in [5.74, 6) is -0.869. The van der Waals surface area contributed by atoms with Gasteiger partial charge < -0.3 is 10.0 Å². The van der Waals surface area contributed by atoms with Crippen LogP contribution >= 0.6 is 11.6 Å². The first kappa shape index (κ1) is 13.1. The number of halogens is 1. The van der Waals surface area contributed by atoms with Gasteiger partial charge in [-0.3, -0.25) is 10.2 Å². The third kappa shape index (κ3) is 3.53. The van der Waals surface area contributed by atoms with Crippen molar-refractivity contribution >= 4 is 23.5 Å². The number of hydrogen-bond donors (Lipinski definition) is 3. The third-order valence-corrected chi connectivity index (χ3v) is 2.13. The van der Waals surface area contributed by atoms with Gasteiger partial charge in [0.2, 0.25) is 0 Å². The van der Waals surface area contributed by atoms with E-state index in [4.69, 9.17) is 11.6 Å². The molecule has 3 N–H and O–H groups in total. The van der Waals surface area contributed by atoms with Gasteiger partial charge in [0.1, 0.15) is 5.75 Å². The Morgan fingerprint density at radius 1 is 1.29 bits per heavy atom. The van der Waals surface area contributed by atoms with Crippen LogP contribution in [0.2, 0.25) is 5.02 Å². The van der Waals surface area contributed by atoms with E-state index in [2.05, 4.69) is 10.9 Å². The van der Waals surface area contributed by atoms with E-state index < -0.39 is 11.9 Å². The molecule has 7 heteroatoms. The fourth-order valence-corrected chi connectivity index (χ4v) is 1.15. The molecule has 1 aromatic carbocycles. The zero-order valence-electron chi connectivity index (χ0n) is 9.32. The smallest absolute Gasteiger partial charge is 0.335 e. The Bertz CT molecular complexity index is 448. The molecule has 0 saturated heterocycles. The molecule has 0 unspecified atom stereocenters. The Morgan fingerprint density at radius 3 is 2.53 bits per heavy atom.